The van der Waals surface area contributed by atoms with E-state index >= 15 is 0 Å². The maximum absolute atomic E-state index is 13.1. The summed E-state index contributed by atoms with van der Waals surface area (Å²) in [4.78, 5) is 23.9. The molecule has 0 spiro atoms. The molecular formula is C16H19F3N2O3Si. The van der Waals surface area contributed by atoms with Crippen LogP contribution in [0.25, 0.3) is 10.9 Å². The van der Waals surface area contributed by atoms with Gasteiger partial charge in [-0.15, -0.1) is 0 Å². The minimum absolute atomic E-state index is 0.0990. The van der Waals surface area contributed by atoms with E-state index in [-0.39, 0.29) is 23.1 Å². The quantitative estimate of drug-likeness (QED) is 0.582. The number of carbonyl (C=O) groups excluding carboxylic acids is 2. The molecule has 1 heterocycles. The molecule has 0 unspecified atom stereocenters. The number of alkyl halides is 3. The standard InChI is InChI=1S/C16H19F3N2O3Si/c1-10(22)12-7-11(16(17,18)19)8-14-13(12)9-20-21(14)15(23)24-5-6-25(2,3)4/h7-9H,5-6H2,1-4H3. The van der Waals surface area contributed by atoms with Gasteiger partial charge in [-0.25, -0.2) is 4.79 Å². The first-order valence-corrected chi connectivity index (χ1v) is 11.4. The van der Waals surface area contributed by atoms with Gasteiger partial charge in [-0.2, -0.15) is 23.0 Å². The van der Waals surface area contributed by atoms with Gasteiger partial charge in [0.05, 0.1) is 23.9 Å². The molecule has 2 rings (SSSR count). The number of nitrogens with zero attached hydrogens (tertiary/aromatic N) is 2. The van der Waals surface area contributed by atoms with Crippen molar-refractivity contribution < 1.29 is 27.5 Å². The molecule has 0 aliphatic heterocycles. The van der Waals surface area contributed by atoms with Crippen LogP contribution in [-0.4, -0.2) is 36.3 Å². The average Bonchev–Trinajstić information content (AvgIpc) is 2.87. The van der Waals surface area contributed by atoms with Crippen molar-refractivity contribution in [3.63, 3.8) is 0 Å². The highest BCUT2D eigenvalue weighted by molar-refractivity contribution is 6.76. The van der Waals surface area contributed by atoms with Crippen LogP contribution in [0.5, 0.6) is 0 Å². The van der Waals surface area contributed by atoms with Crippen molar-refractivity contribution in [2.75, 3.05) is 6.61 Å². The van der Waals surface area contributed by atoms with Crippen LogP contribution < -0.4 is 0 Å². The second-order valence-corrected chi connectivity index (χ2v) is 12.6. The third-order valence-electron chi connectivity index (χ3n) is 3.65. The molecule has 0 radical (unpaired) electrons. The number of benzene rings is 1. The molecule has 1 aromatic carbocycles. The van der Waals surface area contributed by atoms with Gasteiger partial charge in [0.1, 0.15) is 0 Å². The first-order valence-electron chi connectivity index (χ1n) is 7.67. The minimum atomic E-state index is -4.64. The SMILES string of the molecule is CC(=O)c1cc(C(F)(F)F)cc2c1cnn2C(=O)OCC[Si](C)(C)C. The molecule has 0 saturated carbocycles. The number of carbonyl (C=O) groups is 2. The Hall–Kier alpha value is -2.16. The van der Waals surface area contributed by atoms with Gasteiger partial charge in [-0.1, -0.05) is 19.6 Å². The lowest BCUT2D eigenvalue weighted by atomic mass is 10.0. The van der Waals surface area contributed by atoms with Crippen LogP contribution in [0, 0.1) is 0 Å². The van der Waals surface area contributed by atoms with Crippen molar-refractivity contribution in [3.8, 4) is 0 Å². The van der Waals surface area contributed by atoms with E-state index in [2.05, 4.69) is 24.7 Å². The zero-order chi connectivity index (χ0) is 19.0. The molecule has 0 N–H and O–H groups in total. The zero-order valence-electron chi connectivity index (χ0n) is 14.4. The summed E-state index contributed by atoms with van der Waals surface area (Å²) in [5, 5.41) is 3.99. The molecule has 0 aliphatic carbocycles. The van der Waals surface area contributed by atoms with Gasteiger partial charge in [0.25, 0.3) is 0 Å². The summed E-state index contributed by atoms with van der Waals surface area (Å²) >= 11 is 0. The van der Waals surface area contributed by atoms with E-state index in [4.69, 9.17) is 4.74 Å². The lowest BCUT2D eigenvalue weighted by Gasteiger charge is -2.15. The topological polar surface area (TPSA) is 61.2 Å². The van der Waals surface area contributed by atoms with E-state index in [0.29, 0.717) is 0 Å². The van der Waals surface area contributed by atoms with Gasteiger partial charge in [-0.3, -0.25) is 4.79 Å². The van der Waals surface area contributed by atoms with Gasteiger partial charge in [0.15, 0.2) is 5.78 Å². The molecule has 1 aromatic heterocycles. The molecule has 9 heteroatoms. The Balaban J connectivity index is 2.43. The molecule has 5 nitrogen and oxygen atoms in total. The molecule has 0 aliphatic rings. The average molecular weight is 372 g/mol. The second-order valence-electron chi connectivity index (χ2n) is 6.99. The number of hydrogen-bond acceptors (Lipinski definition) is 4. The molecule has 0 saturated heterocycles. The van der Waals surface area contributed by atoms with Gasteiger partial charge >= 0.3 is 12.3 Å². The van der Waals surface area contributed by atoms with Gasteiger partial charge < -0.3 is 4.74 Å². The van der Waals surface area contributed by atoms with E-state index in [0.717, 1.165) is 22.9 Å². The summed E-state index contributed by atoms with van der Waals surface area (Å²) in [6.45, 7) is 7.67. The normalized spacial score (nSPS) is 12.4. The molecule has 0 amide bonds. The highest BCUT2D eigenvalue weighted by Crippen LogP contribution is 2.33. The Kier molecular flexibility index (Phi) is 5.08. The van der Waals surface area contributed by atoms with Crippen LogP contribution in [0.4, 0.5) is 18.0 Å². The van der Waals surface area contributed by atoms with Crippen molar-refractivity contribution in [2.45, 2.75) is 38.8 Å². The lowest BCUT2D eigenvalue weighted by Crippen LogP contribution is -2.24. The smallest absolute Gasteiger partial charge is 0.435 e. The Labute approximate surface area is 143 Å². The lowest BCUT2D eigenvalue weighted by molar-refractivity contribution is -0.137. The van der Waals surface area contributed by atoms with E-state index in [1.54, 1.807) is 0 Å². The molecule has 2 aromatic rings. The monoisotopic (exact) mass is 372 g/mol. The summed E-state index contributed by atoms with van der Waals surface area (Å²) in [7, 11) is -1.42. The second kappa shape index (κ2) is 6.62. The number of Topliss-reactive ketones (excluding diaryl/α,β-unsaturated/α-hetero) is 1. The van der Waals surface area contributed by atoms with Crippen molar-refractivity contribution in [1.82, 2.24) is 9.78 Å². The van der Waals surface area contributed by atoms with Crippen LogP contribution in [-0.2, 0) is 10.9 Å². The number of rotatable bonds is 4. The Bertz CT molecular complexity index is 822. The van der Waals surface area contributed by atoms with Gasteiger partial charge in [0.2, 0.25) is 0 Å². The Morgan fingerprint density at radius 1 is 1.24 bits per heavy atom. The predicted molar refractivity (Wildman–Crippen MR) is 89.6 cm³/mol. The van der Waals surface area contributed by atoms with E-state index in [1.807, 2.05) is 0 Å². The molecule has 0 atom stereocenters. The first kappa shape index (κ1) is 19.2. The van der Waals surface area contributed by atoms with Crippen LogP contribution >= 0.6 is 0 Å². The number of ketones is 1. The fraction of sp³-hybridized carbons (Fsp3) is 0.438. The van der Waals surface area contributed by atoms with Crippen LogP contribution in [0.3, 0.4) is 0 Å². The van der Waals surface area contributed by atoms with Crippen LogP contribution in [0.2, 0.25) is 25.7 Å². The summed E-state index contributed by atoms with van der Waals surface area (Å²) in [5.74, 6) is -0.539. The number of aromatic nitrogens is 2. The number of halogens is 3. The Morgan fingerprint density at radius 3 is 2.40 bits per heavy atom. The number of fused-ring (bicyclic) bond motifs is 1. The van der Waals surface area contributed by atoms with Crippen LogP contribution in [0.1, 0.15) is 22.8 Å². The maximum Gasteiger partial charge on any atom is 0.435 e. The molecule has 0 bridgehead atoms. The van der Waals surface area contributed by atoms with Crippen molar-refractivity contribution in [1.29, 1.82) is 0 Å². The fourth-order valence-corrected chi connectivity index (χ4v) is 2.95. The largest absolute Gasteiger partial charge is 0.448 e. The van der Waals surface area contributed by atoms with E-state index in [9.17, 15) is 22.8 Å². The summed E-state index contributed by atoms with van der Waals surface area (Å²) in [6, 6.07) is 2.30. The summed E-state index contributed by atoms with van der Waals surface area (Å²) in [6.07, 6.45) is -4.30. The van der Waals surface area contributed by atoms with Gasteiger partial charge in [-0.05, 0) is 25.1 Å². The number of ether oxygens (including phenoxy) is 1. The van der Waals surface area contributed by atoms with Crippen LogP contribution in [0.15, 0.2) is 18.3 Å². The molecule has 25 heavy (non-hydrogen) atoms. The van der Waals surface area contributed by atoms with E-state index in [1.165, 1.54) is 13.1 Å². The first-order chi connectivity index (χ1) is 11.4. The third-order valence-corrected chi connectivity index (χ3v) is 5.35. The predicted octanol–water partition coefficient (Wildman–Crippen LogP) is 4.58. The Morgan fingerprint density at radius 2 is 1.88 bits per heavy atom. The minimum Gasteiger partial charge on any atom is -0.448 e. The summed E-state index contributed by atoms with van der Waals surface area (Å²) in [5.41, 5.74) is -1.24. The molecule has 0 fully saturated rings. The van der Waals surface area contributed by atoms with Crippen molar-refractivity contribution >= 4 is 30.9 Å². The summed E-state index contributed by atoms with van der Waals surface area (Å²) < 4.78 is 45.1. The molecular weight excluding hydrogens is 353 g/mol. The van der Waals surface area contributed by atoms with Crippen molar-refractivity contribution in [3.05, 3.63) is 29.5 Å². The zero-order valence-corrected chi connectivity index (χ0v) is 15.4. The van der Waals surface area contributed by atoms with Gasteiger partial charge in [0, 0.05) is 19.0 Å². The number of hydrogen-bond donors (Lipinski definition) is 0. The maximum atomic E-state index is 13.1. The highest BCUT2D eigenvalue weighted by atomic mass is 28.3. The fourth-order valence-electron chi connectivity index (χ4n) is 2.23. The third kappa shape index (κ3) is 4.47. The molecule has 136 valence electrons. The highest BCUT2D eigenvalue weighted by Gasteiger charge is 2.33. The van der Waals surface area contributed by atoms with E-state index < -0.39 is 31.7 Å². The van der Waals surface area contributed by atoms with Crippen molar-refractivity contribution in [2.24, 2.45) is 0 Å².